The van der Waals surface area contributed by atoms with E-state index in [1.54, 1.807) is 18.2 Å². The number of ether oxygens (including phenoxy) is 1. The Kier molecular flexibility index (Phi) is 4.61. The quantitative estimate of drug-likeness (QED) is 0.773. The first-order valence-corrected chi connectivity index (χ1v) is 7.15. The van der Waals surface area contributed by atoms with Crippen LogP contribution in [-0.2, 0) is 0 Å². The molecule has 1 heterocycles. The van der Waals surface area contributed by atoms with Gasteiger partial charge in [-0.05, 0) is 34.1 Å². The average molecular weight is 401 g/mol. The molecular weight excluding hydrogens is 390 g/mol. The van der Waals surface area contributed by atoms with E-state index in [0.717, 1.165) is 4.47 Å². The SMILES string of the molecule is COc1cnccc1C(=O)Nc1c(N)cc(Br)cc1Br. The molecule has 5 nitrogen and oxygen atoms in total. The highest BCUT2D eigenvalue weighted by molar-refractivity contribution is 9.11. The van der Waals surface area contributed by atoms with E-state index in [0.29, 0.717) is 27.2 Å². The third kappa shape index (κ3) is 3.10. The summed E-state index contributed by atoms with van der Waals surface area (Å²) in [6.07, 6.45) is 3.01. The van der Waals surface area contributed by atoms with Crippen LogP contribution in [0.4, 0.5) is 11.4 Å². The maximum Gasteiger partial charge on any atom is 0.259 e. The fourth-order valence-corrected chi connectivity index (χ4v) is 2.99. The Balaban J connectivity index is 2.33. The first-order chi connectivity index (χ1) is 9.52. The van der Waals surface area contributed by atoms with Gasteiger partial charge < -0.3 is 15.8 Å². The van der Waals surface area contributed by atoms with Crippen molar-refractivity contribution >= 4 is 49.1 Å². The molecule has 2 aromatic rings. The van der Waals surface area contributed by atoms with E-state index in [2.05, 4.69) is 42.2 Å². The van der Waals surface area contributed by atoms with Crippen LogP contribution < -0.4 is 15.8 Å². The van der Waals surface area contributed by atoms with E-state index < -0.39 is 0 Å². The zero-order chi connectivity index (χ0) is 14.7. The van der Waals surface area contributed by atoms with Crippen LogP contribution in [0.1, 0.15) is 10.4 Å². The number of nitrogens with two attached hydrogens (primary N) is 1. The van der Waals surface area contributed by atoms with Crippen LogP contribution >= 0.6 is 31.9 Å². The molecule has 7 heteroatoms. The first kappa shape index (κ1) is 14.8. The first-order valence-electron chi connectivity index (χ1n) is 5.56. The number of nitrogens with zero attached hydrogens (tertiary/aromatic N) is 1. The number of pyridine rings is 1. The van der Waals surface area contributed by atoms with E-state index in [1.807, 2.05) is 0 Å². The monoisotopic (exact) mass is 399 g/mol. The van der Waals surface area contributed by atoms with Gasteiger partial charge >= 0.3 is 0 Å². The number of carbonyl (C=O) groups excluding carboxylic acids is 1. The maximum atomic E-state index is 12.3. The third-order valence-corrected chi connectivity index (χ3v) is 3.66. The Morgan fingerprint density at radius 3 is 2.80 bits per heavy atom. The molecule has 20 heavy (non-hydrogen) atoms. The average Bonchev–Trinajstić information content (AvgIpc) is 2.42. The number of aromatic nitrogens is 1. The number of amides is 1. The lowest BCUT2D eigenvalue weighted by molar-refractivity contribution is 0.102. The zero-order valence-electron chi connectivity index (χ0n) is 10.5. The van der Waals surface area contributed by atoms with Gasteiger partial charge in [-0.25, -0.2) is 0 Å². The number of hydrogen-bond acceptors (Lipinski definition) is 4. The smallest absolute Gasteiger partial charge is 0.259 e. The summed E-state index contributed by atoms with van der Waals surface area (Å²) in [4.78, 5) is 16.2. The normalized spacial score (nSPS) is 10.2. The van der Waals surface area contributed by atoms with Crippen molar-refractivity contribution in [1.82, 2.24) is 4.98 Å². The fourth-order valence-electron chi connectivity index (χ4n) is 1.64. The van der Waals surface area contributed by atoms with E-state index in [4.69, 9.17) is 10.5 Å². The Morgan fingerprint density at radius 1 is 1.40 bits per heavy atom. The molecule has 1 aromatic carbocycles. The summed E-state index contributed by atoms with van der Waals surface area (Å²) in [5, 5.41) is 2.76. The lowest BCUT2D eigenvalue weighted by atomic mass is 10.2. The molecule has 0 aliphatic carbocycles. The summed E-state index contributed by atoms with van der Waals surface area (Å²) in [5.74, 6) is 0.0794. The summed E-state index contributed by atoms with van der Waals surface area (Å²) in [5.41, 5.74) is 7.25. The predicted molar refractivity (Wildman–Crippen MR) is 85.0 cm³/mol. The van der Waals surface area contributed by atoms with Gasteiger partial charge in [-0.2, -0.15) is 0 Å². The summed E-state index contributed by atoms with van der Waals surface area (Å²) in [6.45, 7) is 0. The van der Waals surface area contributed by atoms with E-state index in [1.165, 1.54) is 19.5 Å². The van der Waals surface area contributed by atoms with Crippen molar-refractivity contribution in [3.63, 3.8) is 0 Å². The van der Waals surface area contributed by atoms with Crippen LogP contribution in [0.5, 0.6) is 5.75 Å². The second-order valence-electron chi connectivity index (χ2n) is 3.88. The molecule has 0 radical (unpaired) electrons. The minimum Gasteiger partial charge on any atom is -0.494 e. The Bertz CT molecular complexity index is 639. The molecule has 0 aliphatic rings. The second kappa shape index (κ2) is 6.23. The molecular formula is C13H11Br2N3O2. The van der Waals surface area contributed by atoms with Crippen molar-refractivity contribution in [3.8, 4) is 5.75 Å². The van der Waals surface area contributed by atoms with Crippen LogP contribution in [0.25, 0.3) is 0 Å². The van der Waals surface area contributed by atoms with Gasteiger partial charge in [-0.15, -0.1) is 0 Å². The second-order valence-corrected chi connectivity index (χ2v) is 5.65. The molecule has 0 saturated carbocycles. The van der Waals surface area contributed by atoms with Crippen LogP contribution in [0.3, 0.4) is 0 Å². The molecule has 0 fully saturated rings. The molecule has 2 rings (SSSR count). The molecule has 1 aromatic heterocycles. The van der Waals surface area contributed by atoms with Gasteiger partial charge in [0.25, 0.3) is 5.91 Å². The highest BCUT2D eigenvalue weighted by Gasteiger charge is 2.15. The van der Waals surface area contributed by atoms with Crippen molar-refractivity contribution in [2.45, 2.75) is 0 Å². The predicted octanol–water partition coefficient (Wildman–Crippen LogP) is 3.45. The van der Waals surface area contributed by atoms with Crippen molar-refractivity contribution in [2.24, 2.45) is 0 Å². The number of methoxy groups -OCH3 is 1. The molecule has 0 atom stereocenters. The number of nitrogen functional groups attached to an aromatic ring is 1. The molecule has 0 unspecified atom stereocenters. The van der Waals surface area contributed by atoms with Crippen molar-refractivity contribution < 1.29 is 9.53 Å². The van der Waals surface area contributed by atoms with Gasteiger partial charge in [-0.3, -0.25) is 9.78 Å². The molecule has 3 N–H and O–H groups in total. The molecule has 0 aliphatic heterocycles. The van der Waals surface area contributed by atoms with Gasteiger partial charge in [0.1, 0.15) is 5.75 Å². The van der Waals surface area contributed by atoms with Crippen LogP contribution in [-0.4, -0.2) is 18.0 Å². The number of rotatable bonds is 3. The van der Waals surface area contributed by atoms with Crippen LogP contribution in [0.15, 0.2) is 39.5 Å². The Labute approximate surface area is 132 Å². The highest BCUT2D eigenvalue weighted by Crippen LogP contribution is 2.33. The number of halogens is 2. The Morgan fingerprint density at radius 2 is 2.15 bits per heavy atom. The Hall–Kier alpha value is -1.60. The summed E-state index contributed by atoms with van der Waals surface area (Å²) >= 11 is 6.70. The fraction of sp³-hybridized carbons (Fsp3) is 0.0769. The number of hydrogen-bond donors (Lipinski definition) is 2. The van der Waals surface area contributed by atoms with Crippen molar-refractivity contribution in [1.29, 1.82) is 0 Å². The number of nitrogens with one attached hydrogen (secondary N) is 1. The molecule has 1 amide bonds. The number of benzene rings is 1. The van der Waals surface area contributed by atoms with Gasteiger partial charge in [0.2, 0.25) is 0 Å². The zero-order valence-corrected chi connectivity index (χ0v) is 13.7. The van der Waals surface area contributed by atoms with E-state index in [9.17, 15) is 4.79 Å². The standard InChI is InChI=1S/C13H11Br2N3O2/c1-20-11-6-17-3-2-8(11)13(19)18-12-9(15)4-7(14)5-10(12)16/h2-6H,16H2,1H3,(H,18,19). The summed E-state index contributed by atoms with van der Waals surface area (Å²) < 4.78 is 6.62. The lowest BCUT2D eigenvalue weighted by Crippen LogP contribution is -2.15. The topological polar surface area (TPSA) is 77.2 Å². The lowest BCUT2D eigenvalue weighted by Gasteiger charge is -2.12. The highest BCUT2D eigenvalue weighted by atomic mass is 79.9. The molecule has 0 saturated heterocycles. The van der Waals surface area contributed by atoms with E-state index in [-0.39, 0.29) is 5.91 Å². The summed E-state index contributed by atoms with van der Waals surface area (Å²) in [6, 6.07) is 5.09. The van der Waals surface area contributed by atoms with Crippen molar-refractivity contribution in [2.75, 3.05) is 18.2 Å². The minimum atomic E-state index is -0.320. The van der Waals surface area contributed by atoms with E-state index >= 15 is 0 Å². The molecule has 104 valence electrons. The van der Waals surface area contributed by atoms with Crippen molar-refractivity contribution in [3.05, 3.63) is 45.1 Å². The number of anilines is 2. The minimum absolute atomic E-state index is 0.320. The summed E-state index contributed by atoms with van der Waals surface area (Å²) in [7, 11) is 1.48. The third-order valence-electron chi connectivity index (χ3n) is 2.57. The molecule has 0 spiro atoms. The van der Waals surface area contributed by atoms with Crippen LogP contribution in [0.2, 0.25) is 0 Å². The number of carbonyl (C=O) groups is 1. The maximum absolute atomic E-state index is 12.3. The van der Waals surface area contributed by atoms with Gasteiger partial charge in [0, 0.05) is 15.1 Å². The largest absolute Gasteiger partial charge is 0.494 e. The van der Waals surface area contributed by atoms with Gasteiger partial charge in [0.15, 0.2) is 0 Å². The van der Waals surface area contributed by atoms with Gasteiger partial charge in [0.05, 0.1) is 30.2 Å². The molecule has 0 bridgehead atoms. The van der Waals surface area contributed by atoms with Gasteiger partial charge in [-0.1, -0.05) is 15.9 Å². The van der Waals surface area contributed by atoms with Crippen LogP contribution in [0, 0.1) is 0 Å².